The van der Waals surface area contributed by atoms with Crippen molar-refractivity contribution in [2.45, 2.75) is 71.0 Å². The van der Waals surface area contributed by atoms with Crippen LogP contribution in [0.5, 0.6) is 0 Å². The van der Waals surface area contributed by atoms with Crippen molar-refractivity contribution in [1.29, 1.82) is 0 Å². The Balaban J connectivity index is 2.15. The van der Waals surface area contributed by atoms with Crippen LogP contribution in [-0.4, -0.2) is 78.5 Å². The molecule has 2 aliphatic rings. The first-order chi connectivity index (χ1) is 13.7. The number of ether oxygens (including phenoxy) is 1. The average Bonchev–Trinajstić information content (AvgIpc) is 2.72. The van der Waals surface area contributed by atoms with Gasteiger partial charge in [0.25, 0.3) is 0 Å². The number of esters is 1. The van der Waals surface area contributed by atoms with Crippen molar-refractivity contribution >= 4 is 23.8 Å². The average molecular weight is 411 g/mol. The SMILES string of the molecule is COC(=O)[C@@H](C)NC(=O)[C@@H]1CN(C(=O)NC(C)C)CCN1C(=O)C1CCCCC1. The summed E-state index contributed by atoms with van der Waals surface area (Å²) in [5.74, 6) is -1.12. The van der Waals surface area contributed by atoms with Crippen LogP contribution in [0.15, 0.2) is 0 Å². The molecule has 1 saturated carbocycles. The summed E-state index contributed by atoms with van der Waals surface area (Å²) < 4.78 is 4.66. The second-order valence-corrected chi connectivity index (χ2v) is 8.19. The van der Waals surface area contributed by atoms with Gasteiger partial charge in [-0.3, -0.25) is 9.59 Å². The van der Waals surface area contributed by atoms with Gasteiger partial charge in [-0.05, 0) is 33.6 Å². The van der Waals surface area contributed by atoms with Gasteiger partial charge in [-0.15, -0.1) is 0 Å². The summed E-state index contributed by atoms with van der Waals surface area (Å²) in [6.07, 6.45) is 4.83. The Labute approximate surface area is 172 Å². The molecular formula is C20H34N4O5. The van der Waals surface area contributed by atoms with Gasteiger partial charge in [0.05, 0.1) is 13.7 Å². The molecule has 0 aromatic carbocycles. The summed E-state index contributed by atoms with van der Waals surface area (Å²) in [6, 6.07) is -1.96. The molecular weight excluding hydrogens is 376 g/mol. The fourth-order valence-electron chi connectivity index (χ4n) is 3.92. The van der Waals surface area contributed by atoms with E-state index >= 15 is 0 Å². The maximum absolute atomic E-state index is 13.1. The number of nitrogens with one attached hydrogen (secondary N) is 2. The number of rotatable bonds is 5. The lowest BCUT2D eigenvalue weighted by molar-refractivity contribution is -0.149. The standard InChI is InChI=1S/C20H34N4O5/c1-13(2)21-20(28)23-10-11-24(18(26)15-8-6-5-7-9-15)16(12-23)17(25)22-14(3)19(27)29-4/h13-16H,5-12H2,1-4H3,(H,21,28)(H,22,25)/t14-,16+/m1/s1. The molecule has 2 N–H and O–H groups in total. The van der Waals surface area contributed by atoms with E-state index in [0.29, 0.717) is 13.1 Å². The van der Waals surface area contributed by atoms with Crippen molar-refractivity contribution in [2.24, 2.45) is 5.92 Å². The molecule has 2 atom stereocenters. The highest BCUT2D eigenvalue weighted by molar-refractivity contribution is 5.92. The van der Waals surface area contributed by atoms with E-state index in [1.807, 2.05) is 13.8 Å². The van der Waals surface area contributed by atoms with Crippen LogP contribution in [0.1, 0.15) is 52.9 Å². The van der Waals surface area contributed by atoms with E-state index in [4.69, 9.17) is 0 Å². The highest BCUT2D eigenvalue weighted by atomic mass is 16.5. The van der Waals surface area contributed by atoms with Crippen LogP contribution < -0.4 is 10.6 Å². The van der Waals surface area contributed by atoms with Gasteiger partial charge in [-0.25, -0.2) is 9.59 Å². The number of piperazine rings is 1. The van der Waals surface area contributed by atoms with E-state index in [1.54, 1.807) is 9.80 Å². The topological polar surface area (TPSA) is 108 Å². The van der Waals surface area contributed by atoms with Gasteiger partial charge in [0.15, 0.2) is 0 Å². The molecule has 29 heavy (non-hydrogen) atoms. The molecule has 164 valence electrons. The molecule has 9 nitrogen and oxygen atoms in total. The Bertz CT molecular complexity index is 618. The zero-order valence-electron chi connectivity index (χ0n) is 17.9. The van der Waals surface area contributed by atoms with E-state index in [0.717, 1.165) is 32.1 Å². The molecule has 4 amide bonds. The van der Waals surface area contributed by atoms with E-state index in [-0.39, 0.29) is 30.4 Å². The third-order valence-corrected chi connectivity index (χ3v) is 5.53. The van der Waals surface area contributed by atoms with Crippen molar-refractivity contribution < 1.29 is 23.9 Å². The number of carbonyl (C=O) groups excluding carboxylic acids is 4. The minimum Gasteiger partial charge on any atom is -0.467 e. The molecule has 0 aromatic rings. The number of amides is 4. The number of urea groups is 1. The van der Waals surface area contributed by atoms with Crippen molar-refractivity contribution in [3.05, 3.63) is 0 Å². The molecule has 2 rings (SSSR count). The normalized spacial score (nSPS) is 21.5. The molecule has 9 heteroatoms. The van der Waals surface area contributed by atoms with Crippen LogP contribution in [0.2, 0.25) is 0 Å². The first kappa shape index (κ1) is 23.0. The van der Waals surface area contributed by atoms with Crippen molar-refractivity contribution in [3.8, 4) is 0 Å². The third kappa shape index (κ3) is 6.08. The second-order valence-electron chi connectivity index (χ2n) is 8.19. The number of hydrogen-bond donors (Lipinski definition) is 2. The van der Waals surface area contributed by atoms with Crippen LogP contribution in [0, 0.1) is 5.92 Å². The third-order valence-electron chi connectivity index (χ3n) is 5.53. The fraction of sp³-hybridized carbons (Fsp3) is 0.800. The first-order valence-electron chi connectivity index (χ1n) is 10.5. The van der Waals surface area contributed by atoms with Gasteiger partial charge in [-0.1, -0.05) is 19.3 Å². The largest absolute Gasteiger partial charge is 0.467 e. The molecule has 0 radical (unpaired) electrons. The van der Waals surface area contributed by atoms with E-state index in [2.05, 4.69) is 15.4 Å². The van der Waals surface area contributed by atoms with Crippen LogP contribution in [0.25, 0.3) is 0 Å². The predicted octanol–water partition coefficient (Wildman–Crippen LogP) is 0.875. The van der Waals surface area contributed by atoms with E-state index in [9.17, 15) is 19.2 Å². The second kappa shape index (κ2) is 10.5. The quantitative estimate of drug-likeness (QED) is 0.654. The monoisotopic (exact) mass is 410 g/mol. The molecule has 2 fully saturated rings. The molecule has 1 aliphatic heterocycles. The fourth-order valence-corrected chi connectivity index (χ4v) is 3.92. The van der Waals surface area contributed by atoms with Crippen LogP contribution in [0.3, 0.4) is 0 Å². The van der Waals surface area contributed by atoms with Crippen molar-refractivity contribution in [3.63, 3.8) is 0 Å². The van der Waals surface area contributed by atoms with Gasteiger partial charge >= 0.3 is 12.0 Å². The lowest BCUT2D eigenvalue weighted by atomic mass is 9.87. The Kier molecular flexibility index (Phi) is 8.28. The summed E-state index contributed by atoms with van der Waals surface area (Å²) in [5, 5.41) is 5.45. The van der Waals surface area contributed by atoms with Gasteiger partial charge in [0.1, 0.15) is 12.1 Å². The zero-order chi connectivity index (χ0) is 21.6. The lowest BCUT2D eigenvalue weighted by Gasteiger charge is -2.42. The molecule has 0 bridgehead atoms. The number of methoxy groups -OCH3 is 1. The molecule has 1 heterocycles. The summed E-state index contributed by atoms with van der Waals surface area (Å²) in [7, 11) is 1.25. The van der Waals surface area contributed by atoms with Crippen molar-refractivity contribution in [1.82, 2.24) is 20.4 Å². The zero-order valence-corrected chi connectivity index (χ0v) is 17.9. The first-order valence-corrected chi connectivity index (χ1v) is 10.5. The molecule has 0 spiro atoms. The smallest absolute Gasteiger partial charge is 0.328 e. The van der Waals surface area contributed by atoms with Gasteiger partial charge in [0, 0.05) is 25.0 Å². The summed E-state index contributed by atoms with van der Waals surface area (Å²) in [6.45, 7) is 6.02. The Morgan fingerprint density at radius 2 is 1.62 bits per heavy atom. The number of hydrogen-bond acceptors (Lipinski definition) is 5. The van der Waals surface area contributed by atoms with Crippen molar-refractivity contribution in [2.75, 3.05) is 26.7 Å². The summed E-state index contributed by atoms with van der Waals surface area (Å²) in [5.41, 5.74) is 0. The van der Waals surface area contributed by atoms with Gasteiger partial charge in [-0.2, -0.15) is 0 Å². The Morgan fingerprint density at radius 3 is 2.21 bits per heavy atom. The Morgan fingerprint density at radius 1 is 0.966 bits per heavy atom. The maximum atomic E-state index is 13.1. The minimum atomic E-state index is -0.834. The van der Waals surface area contributed by atoms with Gasteiger partial charge < -0.3 is 25.2 Å². The maximum Gasteiger partial charge on any atom is 0.328 e. The predicted molar refractivity (Wildman–Crippen MR) is 107 cm³/mol. The molecule has 1 saturated heterocycles. The van der Waals surface area contributed by atoms with Crippen LogP contribution >= 0.6 is 0 Å². The highest BCUT2D eigenvalue weighted by Crippen LogP contribution is 2.27. The van der Waals surface area contributed by atoms with E-state index < -0.39 is 24.0 Å². The molecule has 0 aromatic heterocycles. The Hall–Kier alpha value is -2.32. The summed E-state index contributed by atoms with van der Waals surface area (Å²) >= 11 is 0. The lowest BCUT2D eigenvalue weighted by Crippen LogP contribution is -2.64. The van der Waals surface area contributed by atoms with Crippen LogP contribution in [0.4, 0.5) is 4.79 Å². The highest BCUT2D eigenvalue weighted by Gasteiger charge is 2.40. The molecule has 1 aliphatic carbocycles. The van der Waals surface area contributed by atoms with E-state index in [1.165, 1.54) is 14.0 Å². The minimum absolute atomic E-state index is 0.0283. The summed E-state index contributed by atoms with van der Waals surface area (Å²) in [4.78, 5) is 53.4. The number of carbonyl (C=O) groups is 4. The van der Waals surface area contributed by atoms with Crippen LogP contribution in [-0.2, 0) is 19.1 Å². The number of nitrogens with zero attached hydrogens (tertiary/aromatic N) is 2. The van der Waals surface area contributed by atoms with Gasteiger partial charge in [0.2, 0.25) is 11.8 Å². The molecule has 0 unspecified atom stereocenters.